The molecule has 1 saturated heterocycles. The molecule has 1 aliphatic heterocycles. The summed E-state index contributed by atoms with van der Waals surface area (Å²) < 4.78 is 34.9. The fourth-order valence-corrected chi connectivity index (χ4v) is 5.41. The van der Waals surface area contributed by atoms with Gasteiger partial charge in [0.25, 0.3) is 10.0 Å². The summed E-state index contributed by atoms with van der Waals surface area (Å²) in [6.45, 7) is 1.84. The molecule has 1 aromatic heterocycles. The Morgan fingerprint density at radius 1 is 0.889 bits per heavy atom. The first-order chi connectivity index (χ1) is 17.4. The van der Waals surface area contributed by atoms with Crippen molar-refractivity contribution in [3.05, 3.63) is 71.8 Å². The van der Waals surface area contributed by atoms with Gasteiger partial charge in [-0.2, -0.15) is 0 Å². The van der Waals surface area contributed by atoms with Gasteiger partial charge in [0.2, 0.25) is 0 Å². The highest BCUT2D eigenvalue weighted by atomic mass is 35.5. The molecule has 0 unspecified atom stereocenters. The van der Waals surface area contributed by atoms with E-state index >= 15 is 0 Å². The van der Waals surface area contributed by atoms with E-state index in [9.17, 15) is 8.42 Å². The molecule has 0 saturated carbocycles. The smallest absolute Gasteiger partial charge is 0.263 e. The molecule has 0 spiro atoms. The topological polar surface area (TPSA) is 96.5 Å². The monoisotopic (exact) mass is 523 g/mol. The van der Waals surface area contributed by atoms with Gasteiger partial charge in [-0.3, -0.25) is 4.72 Å². The Morgan fingerprint density at radius 3 is 2.33 bits per heavy atom. The number of benzene rings is 3. The van der Waals surface area contributed by atoms with Crippen LogP contribution < -0.4 is 19.7 Å². The SMILES string of the molecule is COc1ccc(Cl)c(Nc2nc3ccccc3nc2NS(=O)(=O)c2cccc(N3CCCCC3)c2)c1. The number of hydrogen-bond donors (Lipinski definition) is 2. The third kappa shape index (κ3) is 5.17. The molecule has 0 bridgehead atoms. The highest BCUT2D eigenvalue weighted by molar-refractivity contribution is 7.92. The predicted octanol–water partition coefficient (Wildman–Crippen LogP) is 5.83. The summed E-state index contributed by atoms with van der Waals surface area (Å²) in [7, 11) is -2.40. The molecule has 2 heterocycles. The third-order valence-corrected chi connectivity index (χ3v) is 7.74. The molecular formula is C26H26ClN5O3S. The molecule has 10 heteroatoms. The van der Waals surface area contributed by atoms with Gasteiger partial charge in [-0.05, 0) is 61.7 Å². The number of fused-ring (bicyclic) bond motifs is 1. The lowest BCUT2D eigenvalue weighted by Gasteiger charge is -2.29. The Balaban J connectivity index is 1.52. The Bertz CT molecular complexity index is 1510. The van der Waals surface area contributed by atoms with Crippen LogP contribution in [0.4, 0.5) is 23.0 Å². The van der Waals surface area contributed by atoms with Gasteiger partial charge in [-0.1, -0.05) is 29.8 Å². The molecule has 8 nitrogen and oxygen atoms in total. The second-order valence-electron chi connectivity index (χ2n) is 8.53. The van der Waals surface area contributed by atoms with Crippen molar-refractivity contribution >= 4 is 55.7 Å². The normalized spacial score (nSPS) is 14.0. The number of rotatable bonds is 7. The van der Waals surface area contributed by atoms with E-state index in [4.69, 9.17) is 16.3 Å². The Morgan fingerprint density at radius 2 is 1.61 bits per heavy atom. The largest absolute Gasteiger partial charge is 0.497 e. The van der Waals surface area contributed by atoms with Crippen molar-refractivity contribution in [1.82, 2.24) is 9.97 Å². The fourth-order valence-electron chi connectivity index (χ4n) is 4.20. The van der Waals surface area contributed by atoms with E-state index in [1.54, 1.807) is 55.6 Å². The van der Waals surface area contributed by atoms with Crippen LogP contribution in [0.2, 0.25) is 5.02 Å². The van der Waals surface area contributed by atoms with Crippen LogP contribution in [0.3, 0.4) is 0 Å². The molecule has 1 aliphatic rings. The number of para-hydroxylation sites is 2. The second-order valence-corrected chi connectivity index (χ2v) is 10.6. The zero-order valence-corrected chi connectivity index (χ0v) is 21.3. The molecule has 3 aromatic carbocycles. The van der Waals surface area contributed by atoms with Crippen LogP contribution in [0.5, 0.6) is 5.75 Å². The lowest BCUT2D eigenvalue weighted by molar-refractivity contribution is 0.415. The molecule has 36 heavy (non-hydrogen) atoms. The standard InChI is InChI=1S/C26H26ClN5O3S/c1-35-19-12-13-21(27)24(17-19)30-25-26(29-23-11-4-3-10-22(23)28-25)31-36(33,34)20-9-7-8-18(16-20)32-14-5-2-6-15-32/h3-4,7-13,16-17H,2,5-6,14-15H2,1H3,(H,28,30)(H,29,31). The van der Waals surface area contributed by atoms with Crippen molar-refractivity contribution in [1.29, 1.82) is 0 Å². The van der Waals surface area contributed by atoms with Crippen molar-refractivity contribution in [2.75, 3.05) is 35.1 Å². The number of ether oxygens (including phenoxy) is 1. The molecular weight excluding hydrogens is 498 g/mol. The second kappa shape index (κ2) is 10.2. The third-order valence-electron chi connectivity index (χ3n) is 6.08. The van der Waals surface area contributed by atoms with E-state index in [0.29, 0.717) is 27.5 Å². The van der Waals surface area contributed by atoms with Crippen LogP contribution in [-0.4, -0.2) is 38.6 Å². The van der Waals surface area contributed by atoms with E-state index in [0.717, 1.165) is 31.6 Å². The first kappa shape index (κ1) is 24.1. The summed E-state index contributed by atoms with van der Waals surface area (Å²) in [4.78, 5) is 11.6. The fraction of sp³-hybridized carbons (Fsp3) is 0.231. The minimum Gasteiger partial charge on any atom is -0.497 e. The minimum atomic E-state index is -3.96. The van der Waals surface area contributed by atoms with E-state index in [2.05, 4.69) is 24.9 Å². The molecule has 0 aliphatic carbocycles. The first-order valence-electron chi connectivity index (χ1n) is 11.7. The average Bonchev–Trinajstić information content (AvgIpc) is 2.90. The molecule has 0 amide bonds. The summed E-state index contributed by atoms with van der Waals surface area (Å²) in [5, 5.41) is 3.55. The quantitative estimate of drug-likeness (QED) is 0.314. The maximum absolute atomic E-state index is 13.5. The lowest BCUT2D eigenvalue weighted by Crippen LogP contribution is -2.29. The number of nitrogens with zero attached hydrogens (tertiary/aromatic N) is 3. The Kier molecular flexibility index (Phi) is 6.84. The van der Waals surface area contributed by atoms with Gasteiger partial charge in [0.1, 0.15) is 5.75 Å². The van der Waals surface area contributed by atoms with Gasteiger partial charge in [0.15, 0.2) is 11.6 Å². The Labute approximate surface area is 215 Å². The maximum atomic E-state index is 13.5. The summed E-state index contributed by atoms with van der Waals surface area (Å²) in [5.74, 6) is 0.878. The molecule has 0 radical (unpaired) electrons. The van der Waals surface area contributed by atoms with Crippen molar-refractivity contribution < 1.29 is 13.2 Å². The van der Waals surface area contributed by atoms with Crippen LogP contribution in [0, 0.1) is 0 Å². The van der Waals surface area contributed by atoms with Crippen LogP contribution in [0.1, 0.15) is 19.3 Å². The van der Waals surface area contributed by atoms with Crippen LogP contribution >= 0.6 is 11.6 Å². The van der Waals surface area contributed by atoms with E-state index < -0.39 is 10.0 Å². The number of aromatic nitrogens is 2. The predicted molar refractivity (Wildman–Crippen MR) is 144 cm³/mol. The summed E-state index contributed by atoms with van der Waals surface area (Å²) in [6.07, 6.45) is 3.40. The van der Waals surface area contributed by atoms with Crippen molar-refractivity contribution in [2.24, 2.45) is 0 Å². The molecule has 2 N–H and O–H groups in total. The van der Waals surface area contributed by atoms with Gasteiger partial charge in [-0.25, -0.2) is 18.4 Å². The molecule has 5 rings (SSSR count). The maximum Gasteiger partial charge on any atom is 0.263 e. The number of sulfonamides is 1. The number of methoxy groups -OCH3 is 1. The number of halogens is 1. The number of hydrogen-bond acceptors (Lipinski definition) is 7. The van der Waals surface area contributed by atoms with Gasteiger partial charge in [0.05, 0.1) is 33.7 Å². The van der Waals surface area contributed by atoms with Crippen molar-refractivity contribution in [3.8, 4) is 5.75 Å². The van der Waals surface area contributed by atoms with Crippen molar-refractivity contribution in [2.45, 2.75) is 24.2 Å². The van der Waals surface area contributed by atoms with E-state index in [1.165, 1.54) is 6.42 Å². The minimum absolute atomic E-state index is 0.0657. The molecule has 0 atom stereocenters. The first-order valence-corrected chi connectivity index (χ1v) is 13.5. The number of piperidine rings is 1. The van der Waals surface area contributed by atoms with Crippen LogP contribution in [0.15, 0.2) is 71.6 Å². The van der Waals surface area contributed by atoms with E-state index in [1.807, 2.05) is 18.2 Å². The van der Waals surface area contributed by atoms with Gasteiger partial charge in [0, 0.05) is 24.8 Å². The molecule has 4 aromatic rings. The highest BCUT2D eigenvalue weighted by Gasteiger charge is 2.21. The Hall–Kier alpha value is -3.56. The zero-order chi connectivity index (χ0) is 25.1. The van der Waals surface area contributed by atoms with Gasteiger partial charge in [-0.15, -0.1) is 0 Å². The molecule has 186 valence electrons. The summed E-state index contributed by atoms with van der Waals surface area (Å²) >= 11 is 6.38. The van der Waals surface area contributed by atoms with Gasteiger partial charge >= 0.3 is 0 Å². The van der Waals surface area contributed by atoms with Crippen molar-refractivity contribution in [3.63, 3.8) is 0 Å². The van der Waals surface area contributed by atoms with Crippen LogP contribution in [-0.2, 0) is 10.0 Å². The summed E-state index contributed by atoms with van der Waals surface area (Å²) in [6, 6.07) is 19.4. The lowest BCUT2D eigenvalue weighted by atomic mass is 10.1. The van der Waals surface area contributed by atoms with Gasteiger partial charge < -0.3 is 15.0 Å². The zero-order valence-electron chi connectivity index (χ0n) is 19.7. The summed E-state index contributed by atoms with van der Waals surface area (Å²) in [5.41, 5.74) is 2.56. The number of anilines is 4. The highest BCUT2D eigenvalue weighted by Crippen LogP contribution is 2.33. The van der Waals surface area contributed by atoms with Crippen LogP contribution in [0.25, 0.3) is 11.0 Å². The number of nitrogens with one attached hydrogen (secondary N) is 2. The van der Waals surface area contributed by atoms with E-state index in [-0.39, 0.29) is 16.5 Å². The average molecular weight is 524 g/mol. The molecule has 1 fully saturated rings.